The summed E-state index contributed by atoms with van der Waals surface area (Å²) >= 11 is 0. The molecule has 6 heteroatoms. The minimum Gasteiger partial charge on any atom is -0.489 e. The van der Waals surface area contributed by atoms with Crippen molar-refractivity contribution in [3.05, 3.63) is 58.9 Å². The Labute approximate surface area is 122 Å². The van der Waals surface area contributed by atoms with Gasteiger partial charge in [-0.3, -0.25) is 0 Å². The first-order chi connectivity index (χ1) is 10.0. The maximum absolute atomic E-state index is 13.2. The van der Waals surface area contributed by atoms with Crippen LogP contribution in [-0.2, 0) is 6.61 Å². The van der Waals surface area contributed by atoms with Crippen LogP contribution in [0.15, 0.2) is 36.4 Å². The van der Waals surface area contributed by atoms with Crippen molar-refractivity contribution in [3.63, 3.8) is 0 Å². The molecule has 0 aliphatic heterocycles. The second-order valence-electron chi connectivity index (χ2n) is 4.61. The molecule has 2 rings (SSSR count). The molecule has 0 atom stereocenters. The van der Waals surface area contributed by atoms with Gasteiger partial charge in [-0.2, -0.15) is 5.26 Å². The Hall–Kier alpha value is -2.36. The fourth-order valence-electron chi connectivity index (χ4n) is 1.94. The summed E-state index contributed by atoms with van der Waals surface area (Å²) in [6, 6.07) is 10.9. The molecule has 0 spiro atoms. The normalized spacial score (nSPS) is 10.0. The lowest BCUT2D eigenvalue weighted by Gasteiger charge is -2.10. The maximum atomic E-state index is 13.2. The predicted molar refractivity (Wildman–Crippen MR) is 76.5 cm³/mol. The van der Waals surface area contributed by atoms with Crippen LogP contribution in [0, 0.1) is 24.1 Å². The summed E-state index contributed by atoms with van der Waals surface area (Å²) in [6.45, 7) is 1.93. The molecule has 0 amide bonds. The van der Waals surface area contributed by atoms with E-state index >= 15 is 0 Å². The van der Waals surface area contributed by atoms with Gasteiger partial charge in [-0.1, -0.05) is 12.1 Å². The number of rotatable bonds is 4. The third-order valence-electron chi connectivity index (χ3n) is 3.08. The van der Waals surface area contributed by atoms with Gasteiger partial charge < -0.3 is 14.8 Å². The van der Waals surface area contributed by atoms with Gasteiger partial charge in [0, 0.05) is 0 Å². The summed E-state index contributed by atoms with van der Waals surface area (Å²) in [5.41, 5.74) is 1.76. The van der Waals surface area contributed by atoms with Crippen LogP contribution in [0.3, 0.4) is 0 Å². The third-order valence-corrected chi connectivity index (χ3v) is 3.08. The zero-order valence-electron chi connectivity index (χ0n) is 11.4. The smallest absolute Gasteiger partial charge is 0.488 e. The number of nitriles is 1. The fraction of sp³-hybridized carbons (Fsp3) is 0.133. The molecule has 0 aliphatic carbocycles. The molecule has 0 unspecified atom stereocenters. The highest BCUT2D eigenvalue weighted by Gasteiger charge is 2.14. The van der Waals surface area contributed by atoms with Gasteiger partial charge in [-0.05, 0) is 47.8 Å². The van der Waals surface area contributed by atoms with E-state index < -0.39 is 12.9 Å². The van der Waals surface area contributed by atoms with E-state index in [1.54, 1.807) is 37.3 Å². The third kappa shape index (κ3) is 3.60. The molecule has 0 fully saturated rings. The monoisotopic (exact) mass is 285 g/mol. The van der Waals surface area contributed by atoms with Crippen molar-refractivity contribution in [2.45, 2.75) is 13.5 Å². The molecule has 0 saturated carbocycles. The average molecular weight is 285 g/mol. The zero-order valence-corrected chi connectivity index (χ0v) is 11.4. The topological polar surface area (TPSA) is 73.5 Å². The second-order valence-corrected chi connectivity index (χ2v) is 4.61. The zero-order chi connectivity index (χ0) is 15.4. The van der Waals surface area contributed by atoms with Gasteiger partial charge in [0.2, 0.25) is 0 Å². The fourth-order valence-corrected chi connectivity index (χ4v) is 1.94. The van der Waals surface area contributed by atoms with Crippen LogP contribution >= 0.6 is 0 Å². The molecule has 0 radical (unpaired) electrons. The summed E-state index contributed by atoms with van der Waals surface area (Å²) < 4.78 is 18.7. The van der Waals surface area contributed by atoms with Crippen LogP contribution < -0.4 is 10.2 Å². The lowest BCUT2D eigenvalue weighted by Crippen LogP contribution is -2.31. The van der Waals surface area contributed by atoms with Crippen molar-refractivity contribution in [1.82, 2.24) is 0 Å². The summed E-state index contributed by atoms with van der Waals surface area (Å²) in [7, 11) is -1.52. The molecule has 0 heterocycles. The van der Waals surface area contributed by atoms with E-state index in [9.17, 15) is 4.39 Å². The Morgan fingerprint density at radius 1 is 1.24 bits per heavy atom. The summed E-state index contributed by atoms with van der Waals surface area (Å²) in [4.78, 5) is 0. The SMILES string of the molecule is Cc1cc(OCc2ccc(F)c(C#N)c2)ccc1B(O)O. The van der Waals surface area contributed by atoms with E-state index in [4.69, 9.17) is 20.0 Å². The first-order valence-electron chi connectivity index (χ1n) is 6.29. The highest BCUT2D eigenvalue weighted by molar-refractivity contribution is 6.59. The summed E-state index contributed by atoms with van der Waals surface area (Å²) in [6.07, 6.45) is 0. The minimum atomic E-state index is -1.52. The molecule has 2 N–H and O–H groups in total. The van der Waals surface area contributed by atoms with E-state index in [2.05, 4.69) is 0 Å². The first kappa shape index (κ1) is 15.0. The van der Waals surface area contributed by atoms with Gasteiger partial charge in [0.1, 0.15) is 24.2 Å². The second kappa shape index (κ2) is 6.40. The van der Waals surface area contributed by atoms with Gasteiger partial charge in [0.15, 0.2) is 0 Å². The highest BCUT2D eigenvalue weighted by Crippen LogP contribution is 2.15. The quantitative estimate of drug-likeness (QED) is 0.829. The van der Waals surface area contributed by atoms with Gasteiger partial charge in [0.05, 0.1) is 5.56 Å². The number of ether oxygens (including phenoxy) is 1. The number of halogens is 1. The van der Waals surface area contributed by atoms with Crippen molar-refractivity contribution in [2.24, 2.45) is 0 Å². The summed E-state index contributed by atoms with van der Waals surface area (Å²) in [5.74, 6) is -0.00175. The van der Waals surface area contributed by atoms with Crippen molar-refractivity contribution in [1.29, 1.82) is 5.26 Å². The van der Waals surface area contributed by atoms with Gasteiger partial charge in [0.25, 0.3) is 0 Å². The number of hydrogen-bond acceptors (Lipinski definition) is 4. The van der Waals surface area contributed by atoms with Crippen molar-refractivity contribution in [3.8, 4) is 11.8 Å². The molecule has 106 valence electrons. The van der Waals surface area contributed by atoms with Crippen LogP contribution in [-0.4, -0.2) is 17.2 Å². The standard InChI is InChI=1S/C15H13BFNO3/c1-10-6-13(3-4-14(10)16(19)20)21-9-11-2-5-15(17)12(7-11)8-18/h2-7,19-20H,9H2,1H3. The van der Waals surface area contributed by atoms with E-state index in [0.29, 0.717) is 22.3 Å². The Morgan fingerprint density at radius 2 is 2.00 bits per heavy atom. The number of aryl methyl sites for hydroxylation is 1. The Balaban J connectivity index is 2.10. The van der Waals surface area contributed by atoms with Crippen molar-refractivity contribution < 1.29 is 19.2 Å². The maximum Gasteiger partial charge on any atom is 0.488 e. The average Bonchev–Trinajstić information content (AvgIpc) is 2.46. The van der Waals surface area contributed by atoms with E-state index in [1.165, 1.54) is 12.1 Å². The Bertz CT molecular complexity index is 698. The molecular weight excluding hydrogens is 272 g/mol. The molecule has 0 bridgehead atoms. The molecule has 4 nitrogen and oxygen atoms in total. The highest BCUT2D eigenvalue weighted by atomic mass is 19.1. The van der Waals surface area contributed by atoms with Gasteiger partial charge in [-0.25, -0.2) is 4.39 Å². The molecular formula is C15H13BFNO3. The minimum absolute atomic E-state index is 0.0222. The number of benzene rings is 2. The Morgan fingerprint density at radius 3 is 2.62 bits per heavy atom. The predicted octanol–water partition coefficient (Wildman–Crippen LogP) is 1.26. The summed E-state index contributed by atoms with van der Waals surface area (Å²) in [5, 5.41) is 27.0. The van der Waals surface area contributed by atoms with Crippen LogP contribution in [0.5, 0.6) is 5.75 Å². The molecule has 21 heavy (non-hydrogen) atoms. The first-order valence-corrected chi connectivity index (χ1v) is 6.29. The Kier molecular flexibility index (Phi) is 4.58. The van der Waals surface area contributed by atoms with Crippen molar-refractivity contribution in [2.75, 3.05) is 0 Å². The van der Waals surface area contributed by atoms with E-state index in [0.717, 1.165) is 0 Å². The molecule has 0 saturated heterocycles. The van der Waals surface area contributed by atoms with Crippen LogP contribution in [0.1, 0.15) is 16.7 Å². The molecule has 2 aromatic carbocycles. The van der Waals surface area contributed by atoms with Crippen LogP contribution in [0.25, 0.3) is 0 Å². The molecule has 0 aromatic heterocycles. The number of hydrogen-bond donors (Lipinski definition) is 2. The number of nitrogens with zero attached hydrogens (tertiary/aromatic N) is 1. The van der Waals surface area contributed by atoms with E-state index in [-0.39, 0.29) is 12.2 Å². The van der Waals surface area contributed by atoms with E-state index in [1.807, 2.05) is 0 Å². The van der Waals surface area contributed by atoms with Crippen LogP contribution in [0.4, 0.5) is 4.39 Å². The lowest BCUT2D eigenvalue weighted by atomic mass is 9.77. The molecule has 0 aliphatic rings. The lowest BCUT2D eigenvalue weighted by molar-refractivity contribution is 0.306. The van der Waals surface area contributed by atoms with Crippen molar-refractivity contribution >= 4 is 12.6 Å². The largest absolute Gasteiger partial charge is 0.489 e. The molecule has 2 aromatic rings. The van der Waals surface area contributed by atoms with Gasteiger partial charge in [-0.15, -0.1) is 0 Å². The van der Waals surface area contributed by atoms with Crippen LogP contribution in [0.2, 0.25) is 0 Å². The van der Waals surface area contributed by atoms with Gasteiger partial charge >= 0.3 is 7.12 Å².